The molecule has 0 atom stereocenters. The van der Waals surface area contributed by atoms with Gasteiger partial charge in [0, 0.05) is 11.7 Å². The van der Waals surface area contributed by atoms with Crippen molar-refractivity contribution in [2.45, 2.75) is 31.2 Å². The number of hydrogen-bond acceptors (Lipinski definition) is 6. The van der Waals surface area contributed by atoms with Gasteiger partial charge in [0.1, 0.15) is 11.0 Å². The van der Waals surface area contributed by atoms with E-state index in [0.29, 0.717) is 0 Å². The van der Waals surface area contributed by atoms with E-state index in [1.807, 2.05) is 6.07 Å². The molecule has 3 N–H and O–H groups in total. The van der Waals surface area contributed by atoms with Crippen LogP contribution in [0.3, 0.4) is 0 Å². The molecule has 1 aromatic carbocycles. The van der Waals surface area contributed by atoms with Crippen molar-refractivity contribution >= 4 is 21.7 Å². The number of anilines is 1. The predicted octanol–water partition coefficient (Wildman–Crippen LogP) is 1.79. The van der Waals surface area contributed by atoms with Crippen molar-refractivity contribution in [3.05, 3.63) is 41.7 Å². The highest BCUT2D eigenvalue weighted by Crippen LogP contribution is 2.28. The average molecular weight is 376 g/mol. The third kappa shape index (κ3) is 3.71. The first-order chi connectivity index (χ1) is 12.0. The Morgan fingerprint density at radius 2 is 1.92 bits per heavy atom. The van der Waals surface area contributed by atoms with E-state index < -0.39 is 21.5 Å². The first kappa shape index (κ1) is 19.5. The van der Waals surface area contributed by atoms with E-state index in [0.717, 1.165) is 0 Å². The zero-order valence-corrected chi connectivity index (χ0v) is 15.7. The van der Waals surface area contributed by atoms with Crippen molar-refractivity contribution in [3.63, 3.8) is 0 Å². The Balaban J connectivity index is 2.77. The molecule has 0 saturated heterocycles. The summed E-state index contributed by atoms with van der Waals surface area (Å²) < 4.78 is 34.2. The number of ether oxygens (including phenoxy) is 1. The van der Waals surface area contributed by atoms with Gasteiger partial charge in [-0.25, -0.2) is 17.9 Å². The molecule has 0 bridgehead atoms. The summed E-state index contributed by atoms with van der Waals surface area (Å²) in [6, 6.07) is 8.00. The largest absolute Gasteiger partial charge is 0.464 e. The van der Waals surface area contributed by atoms with Gasteiger partial charge in [0.05, 0.1) is 24.0 Å². The van der Waals surface area contributed by atoms with E-state index in [2.05, 4.69) is 4.72 Å². The maximum Gasteiger partial charge on any atom is 0.357 e. The van der Waals surface area contributed by atoms with E-state index in [-0.39, 0.29) is 27.5 Å². The third-order valence-electron chi connectivity index (χ3n) is 3.40. The molecule has 0 amide bonds. The molecule has 0 unspecified atom stereocenters. The molecule has 1 heterocycles. The summed E-state index contributed by atoms with van der Waals surface area (Å²) in [4.78, 5) is 12.1. The number of methoxy groups -OCH3 is 1. The predicted molar refractivity (Wildman–Crippen MR) is 96.3 cm³/mol. The number of hydrogen-bond donors (Lipinski definition) is 2. The van der Waals surface area contributed by atoms with Crippen molar-refractivity contribution in [2.24, 2.45) is 0 Å². The summed E-state index contributed by atoms with van der Waals surface area (Å²) >= 11 is 0. The molecule has 0 saturated carbocycles. The summed E-state index contributed by atoms with van der Waals surface area (Å²) in [6.45, 7) is 5.15. The second-order valence-electron chi connectivity index (χ2n) is 6.60. The van der Waals surface area contributed by atoms with Crippen LogP contribution in [0.4, 0.5) is 5.69 Å². The van der Waals surface area contributed by atoms with Crippen LogP contribution in [0.1, 0.15) is 36.8 Å². The Morgan fingerprint density at radius 1 is 1.31 bits per heavy atom. The molecule has 0 radical (unpaired) electrons. The SMILES string of the molecule is COC(=O)c1c(N)c(C#N)cn1-c1ccccc1S(=O)(=O)NC(C)(C)C. The fourth-order valence-corrected chi connectivity index (χ4v) is 4.06. The molecule has 0 aliphatic heterocycles. The number of nitrogens with two attached hydrogens (primary N) is 1. The van der Waals surface area contributed by atoms with Gasteiger partial charge in [0.25, 0.3) is 0 Å². The first-order valence-corrected chi connectivity index (χ1v) is 9.12. The highest BCUT2D eigenvalue weighted by atomic mass is 32.2. The fraction of sp³-hybridized carbons (Fsp3) is 0.294. The molecule has 138 valence electrons. The van der Waals surface area contributed by atoms with E-state index in [9.17, 15) is 18.5 Å². The molecule has 2 rings (SSSR count). The minimum Gasteiger partial charge on any atom is -0.464 e. The number of nitrogens with zero attached hydrogens (tertiary/aromatic N) is 2. The minimum absolute atomic E-state index is 0.0429. The molecule has 2 aromatic rings. The van der Waals surface area contributed by atoms with Crippen LogP contribution in [0.15, 0.2) is 35.4 Å². The number of carbonyl (C=O) groups is 1. The van der Waals surface area contributed by atoms with Gasteiger partial charge < -0.3 is 15.0 Å². The molecule has 1 aromatic heterocycles. The molecule has 9 heteroatoms. The Labute approximate surface area is 152 Å². The van der Waals surface area contributed by atoms with Gasteiger partial charge in [-0.05, 0) is 32.9 Å². The zero-order valence-electron chi connectivity index (χ0n) is 14.9. The molecule has 0 aliphatic carbocycles. The Bertz CT molecular complexity index is 995. The van der Waals surface area contributed by atoms with Crippen LogP contribution in [-0.2, 0) is 14.8 Å². The first-order valence-electron chi connectivity index (χ1n) is 7.64. The Kier molecular flexibility index (Phi) is 5.11. The topological polar surface area (TPSA) is 127 Å². The standard InChI is InChI=1S/C17H20N4O4S/c1-17(2,3)20-26(23,24)13-8-6-5-7-12(13)21-10-11(9-18)14(19)15(21)16(22)25-4/h5-8,10,20H,19H2,1-4H3. The lowest BCUT2D eigenvalue weighted by molar-refractivity contribution is 0.0593. The molecule has 0 aliphatic rings. The van der Waals surface area contributed by atoms with Crippen molar-refractivity contribution in [1.82, 2.24) is 9.29 Å². The summed E-state index contributed by atoms with van der Waals surface area (Å²) in [5.41, 5.74) is 5.22. The second-order valence-corrected chi connectivity index (χ2v) is 8.25. The number of aromatic nitrogens is 1. The lowest BCUT2D eigenvalue weighted by Crippen LogP contribution is -2.40. The van der Waals surface area contributed by atoms with Gasteiger partial charge in [-0.1, -0.05) is 12.1 Å². The number of benzene rings is 1. The number of esters is 1. The van der Waals surface area contributed by atoms with Crippen LogP contribution >= 0.6 is 0 Å². The number of sulfonamides is 1. The van der Waals surface area contributed by atoms with E-state index in [1.165, 1.54) is 30.0 Å². The molecule has 0 fully saturated rings. The van der Waals surface area contributed by atoms with Crippen molar-refractivity contribution in [3.8, 4) is 11.8 Å². The van der Waals surface area contributed by atoms with Crippen molar-refractivity contribution in [2.75, 3.05) is 12.8 Å². The average Bonchev–Trinajstić information content (AvgIpc) is 2.88. The Morgan fingerprint density at radius 3 is 2.46 bits per heavy atom. The number of nitrogen functional groups attached to an aromatic ring is 1. The zero-order chi connectivity index (χ0) is 19.7. The van der Waals surface area contributed by atoms with Crippen LogP contribution in [0.25, 0.3) is 5.69 Å². The highest BCUT2D eigenvalue weighted by Gasteiger charge is 2.28. The number of para-hydroxylation sites is 1. The van der Waals surface area contributed by atoms with Crippen LogP contribution < -0.4 is 10.5 Å². The highest BCUT2D eigenvalue weighted by molar-refractivity contribution is 7.89. The summed E-state index contributed by atoms with van der Waals surface area (Å²) in [7, 11) is -2.73. The minimum atomic E-state index is -3.90. The number of nitrogens with one attached hydrogen (secondary N) is 1. The lowest BCUT2D eigenvalue weighted by atomic mass is 10.1. The van der Waals surface area contributed by atoms with E-state index in [4.69, 9.17) is 10.5 Å². The van der Waals surface area contributed by atoms with Gasteiger partial charge in [-0.3, -0.25) is 0 Å². The molecule has 0 spiro atoms. The van der Waals surface area contributed by atoms with Crippen molar-refractivity contribution in [1.29, 1.82) is 5.26 Å². The van der Waals surface area contributed by atoms with Crippen LogP contribution in [-0.4, -0.2) is 31.6 Å². The maximum atomic E-state index is 12.8. The number of nitriles is 1. The van der Waals surface area contributed by atoms with Gasteiger partial charge in [-0.2, -0.15) is 5.26 Å². The Hall–Kier alpha value is -2.83. The van der Waals surface area contributed by atoms with Crippen molar-refractivity contribution < 1.29 is 17.9 Å². The van der Waals surface area contributed by atoms with Crippen LogP contribution in [0, 0.1) is 11.3 Å². The monoisotopic (exact) mass is 376 g/mol. The second kappa shape index (κ2) is 6.82. The van der Waals surface area contributed by atoms with E-state index >= 15 is 0 Å². The summed E-state index contributed by atoms with van der Waals surface area (Å²) in [5.74, 6) is -0.778. The molecular formula is C17H20N4O4S. The fourth-order valence-electron chi connectivity index (χ4n) is 2.45. The smallest absolute Gasteiger partial charge is 0.357 e. The maximum absolute atomic E-state index is 12.8. The number of rotatable bonds is 4. The normalized spacial score (nSPS) is 11.8. The molecule has 8 nitrogen and oxygen atoms in total. The lowest BCUT2D eigenvalue weighted by Gasteiger charge is -2.22. The van der Waals surface area contributed by atoms with E-state index in [1.54, 1.807) is 32.9 Å². The summed E-state index contributed by atoms with van der Waals surface area (Å²) in [5, 5.41) is 9.21. The summed E-state index contributed by atoms with van der Waals surface area (Å²) in [6.07, 6.45) is 1.31. The van der Waals surface area contributed by atoms with Gasteiger partial charge in [0.15, 0.2) is 5.69 Å². The van der Waals surface area contributed by atoms with Gasteiger partial charge in [0.2, 0.25) is 10.0 Å². The third-order valence-corrected chi connectivity index (χ3v) is 5.20. The van der Waals surface area contributed by atoms with Gasteiger partial charge >= 0.3 is 5.97 Å². The quantitative estimate of drug-likeness (QED) is 0.783. The van der Waals surface area contributed by atoms with Gasteiger partial charge in [-0.15, -0.1) is 0 Å². The molecular weight excluding hydrogens is 356 g/mol. The molecule has 26 heavy (non-hydrogen) atoms. The number of carbonyl (C=O) groups excluding carboxylic acids is 1. The van der Waals surface area contributed by atoms with Crippen LogP contribution in [0.2, 0.25) is 0 Å². The van der Waals surface area contributed by atoms with Crippen LogP contribution in [0.5, 0.6) is 0 Å².